The van der Waals surface area contributed by atoms with Gasteiger partial charge in [0.25, 0.3) is 5.56 Å². The van der Waals surface area contributed by atoms with Crippen LogP contribution in [0.25, 0.3) is 11.3 Å². The van der Waals surface area contributed by atoms with E-state index in [-0.39, 0.29) is 11.5 Å². The van der Waals surface area contributed by atoms with Crippen molar-refractivity contribution in [3.63, 3.8) is 0 Å². The van der Waals surface area contributed by atoms with Crippen molar-refractivity contribution in [2.24, 2.45) is 0 Å². The predicted molar refractivity (Wildman–Crippen MR) is 96.4 cm³/mol. The van der Waals surface area contributed by atoms with E-state index >= 15 is 0 Å². The molecule has 5 nitrogen and oxygen atoms in total. The maximum absolute atomic E-state index is 12.0. The first-order chi connectivity index (χ1) is 11.5. The van der Waals surface area contributed by atoms with Crippen molar-refractivity contribution < 1.29 is 4.79 Å². The molecule has 0 saturated heterocycles. The molecular formula is C18H17N3O2S. The summed E-state index contributed by atoms with van der Waals surface area (Å²) < 4.78 is 1.64. The standard InChI is InChI=1S/C18H17N3O2S/c1-12-6-7-21(18(23)8-12)10-17-20-16(11-24-17)14-4-3-5-15(9-14)19-13(2)22/h3-9,11H,10H2,1-2H3,(H,19,22). The molecular weight excluding hydrogens is 322 g/mol. The molecule has 0 radical (unpaired) electrons. The molecule has 0 fully saturated rings. The van der Waals surface area contributed by atoms with Crippen LogP contribution < -0.4 is 10.9 Å². The van der Waals surface area contributed by atoms with Crippen molar-refractivity contribution in [3.8, 4) is 11.3 Å². The van der Waals surface area contributed by atoms with E-state index in [1.165, 1.54) is 18.3 Å². The first-order valence-corrected chi connectivity index (χ1v) is 8.39. The number of pyridine rings is 1. The fraction of sp³-hybridized carbons (Fsp3) is 0.167. The van der Waals surface area contributed by atoms with E-state index < -0.39 is 0 Å². The van der Waals surface area contributed by atoms with E-state index in [2.05, 4.69) is 10.3 Å². The summed E-state index contributed by atoms with van der Waals surface area (Å²) in [4.78, 5) is 27.7. The number of hydrogen-bond donors (Lipinski definition) is 1. The maximum Gasteiger partial charge on any atom is 0.251 e. The van der Waals surface area contributed by atoms with Gasteiger partial charge in [-0.3, -0.25) is 9.59 Å². The molecule has 0 atom stereocenters. The minimum atomic E-state index is -0.107. The summed E-state index contributed by atoms with van der Waals surface area (Å²) in [6.45, 7) is 3.83. The zero-order chi connectivity index (χ0) is 17.1. The molecule has 24 heavy (non-hydrogen) atoms. The van der Waals surface area contributed by atoms with Gasteiger partial charge in [0.05, 0.1) is 12.2 Å². The highest BCUT2D eigenvalue weighted by atomic mass is 32.1. The van der Waals surface area contributed by atoms with Crippen molar-refractivity contribution in [2.45, 2.75) is 20.4 Å². The van der Waals surface area contributed by atoms with Gasteiger partial charge in [-0.15, -0.1) is 11.3 Å². The van der Waals surface area contributed by atoms with E-state index in [0.717, 1.165) is 27.5 Å². The molecule has 0 unspecified atom stereocenters. The Morgan fingerprint density at radius 2 is 2.12 bits per heavy atom. The molecule has 0 aliphatic carbocycles. The van der Waals surface area contributed by atoms with E-state index in [1.54, 1.807) is 16.8 Å². The Morgan fingerprint density at radius 3 is 2.88 bits per heavy atom. The van der Waals surface area contributed by atoms with E-state index in [1.807, 2.05) is 42.6 Å². The third kappa shape index (κ3) is 3.78. The van der Waals surface area contributed by atoms with Gasteiger partial charge in [0.2, 0.25) is 5.91 Å². The first-order valence-electron chi connectivity index (χ1n) is 7.51. The van der Waals surface area contributed by atoms with Crippen molar-refractivity contribution in [3.05, 3.63) is 68.9 Å². The van der Waals surface area contributed by atoms with Gasteiger partial charge < -0.3 is 9.88 Å². The first kappa shape index (κ1) is 16.1. The third-order valence-electron chi connectivity index (χ3n) is 3.49. The minimum absolute atomic E-state index is 0.0283. The summed E-state index contributed by atoms with van der Waals surface area (Å²) in [7, 11) is 0. The number of carbonyl (C=O) groups is 1. The lowest BCUT2D eigenvalue weighted by Gasteiger charge is -2.04. The highest BCUT2D eigenvalue weighted by molar-refractivity contribution is 7.09. The number of anilines is 1. The molecule has 3 rings (SSSR count). The number of carbonyl (C=O) groups excluding carboxylic acids is 1. The van der Waals surface area contributed by atoms with Crippen LogP contribution in [0.15, 0.2) is 52.8 Å². The molecule has 6 heteroatoms. The second-order valence-electron chi connectivity index (χ2n) is 5.56. The highest BCUT2D eigenvalue weighted by Gasteiger charge is 2.07. The fourth-order valence-electron chi connectivity index (χ4n) is 2.36. The lowest BCUT2D eigenvalue weighted by molar-refractivity contribution is -0.114. The molecule has 1 amide bonds. The Labute approximate surface area is 143 Å². The molecule has 122 valence electrons. The van der Waals surface area contributed by atoms with E-state index in [0.29, 0.717) is 6.54 Å². The molecule has 1 aromatic carbocycles. The highest BCUT2D eigenvalue weighted by Crippen LogP contribution is 2.24. The van der Waals surface area contributed by atoms with Gasteiger partial charge in [-0.05, 0) is 30.7 Å². The van der Waals surface area contributed by atoms with Crippen LogP contribution in [0.2, 0.25) is 0 Å². The second kappa shape index (κ2) is 6.80. The molecule has 2 heterocycles. The van der Waals surface area contributed by atoms with Crippen molar-refractivity contribution in [2.75, 3.05) is 5.32 Å². The van der Waals surface area contributed by atoms with Gasteiger partial charge in [-0.2, -0.15) is 0 Å². The number of rotatable bonds is 4. The number of benzene rings is 1. The van der Waals surface area contributed by atoms with Crippen LogP contribution in [0.3, 0.4) is 0 Å². The Morgan fingerprint density at radius 1 is 1.29 bits per heavy atom. The molecule has 1 N–H and O–H groups in total. The van der Waals surface area contributed by atoms with Gasteiger partial charge in [-0.1, -0.05) is 12.1 Å². The fourth-order valence-corrected chi connectivity index (χ4v) is 3.16. The molecule has 0 bridgehead atoms. The minimum Gasteiger partial charge on any atom is -0.326 e. The topological polar surface area (TPSA) is 64.0 Å². The van der Waals surface area contributed by atoms with Crippen LogP contribution in [0.5, 0.6) is 0 Å². The second-order valence-corrected chi connectivity index (χ2v) is 6.50. The van der Waals surface area contributed by atoms with E-state index in [9.17, 15) is 9.59 Å². The molecule has 2 aromatic heterocycles. The van der Waals surface area contributed by atoms with E-state index in [4.69, 9.17) is 0 Å². The summed E-state index contributed by atoms with van der Waals surface area (Å²) in [6.07, 6.45) is 1.79. The van der Waals surface area contributed by atoms with Gasteiger partial charge >= 0.3 is 0 Å². The Kier molecular flexibility index (Phi) is 4.57. The van der Waals surface area contributed by atoms with Crippen LogP contribution in [0.4, 0.5) is 5.69 Å². The summed E-state index contributed by atoms with van der Waals surface area (Å²) >= 11 is 1.51. The van der Waals surface area contributed by atoms with Gasteiger partial charge in [0.15, 0.2) is 0 Å². The number of aryl methyl sites for hydroxylation is 1. The number of nitrogens with one attached hydrogen (secondary N) is 1. The number of thiazole rings is 1. The lowest BCUT2D eigenvalue weighted by atomic mass is 10.1. The smallest absolute Gasteiger partial charge is 0.251 e. The van der Waals surface area contributed by atoms with Crippen LogP contribution in [-0.4, -0.2) is 15.5 Å². The summed E-state index contributed by atoms with van der Waals surface area (Å²) in [6, 6.07) is 11.1. The summed E-state index contributed by atoms with van der Waals surface area (Å²) in [5, 5.41) is 5.59. The van der Waals surface area contributed by atoms with Gasteiger partial charge in [0.1, 0.15) is 5.01 Å². The Bertz CT molecular complexity index is 943. The normalized spacial score (nSPS) is 10.6. The Hall–Kier alpha value is -2.73. The van der Waals surface area contributed by atoms with Crippen LogP contribution >= 0.6 is 11.3 Å². The third-order valence-corrected chi connectivity index (χ3v) is 4.32. The predicted octanol–water partition coefficient (Wildman–Crippen LogP) is 3.29. The zero-order valence-corrected chi connectivity index (χ0v) is 14.3. The quantitative estimate of drug-likeness (QED) is 0.793. The number of hydrogen-bond acceptors (Lipinski definition) is 4. The number of amides is 1. The number of aromatic nitrogens is 2. The van der Waals surface area contributed by atoms with Crippen LogP contribution in [-0.2, 0) is 11.3 Å². The number of nitrogens with zero attached hydrogens (tertiary/aromatic N) is 2. The largest absolute Gasteiger partial charge is 0.326 e. The molecule has 0 saturated carbocycles. The lowest BCUT2D eigenvalue weighted by Crippen LogP contribution is -2.19. The zero-order valence-electron chi connectivity index (χ0n) is 13.4. The molecule has 0 aliphatic heterocycles. The Balaban J connectivity index is 1.83. The van der Waals surface area contributed by atoms with Gasteiger partial charge in [0, 0.05) is 35.8 Å². The molecule has 0 spiro atoms. The van der Waals surface area contributed by atoms with Crippen LogP contribution in [0.1, 0.15) is 17.5 Å². The SMILES string of the molecule is CC(=O)Nc1cccc(-c2csc(Cn3ccc(C)cc3=O)n2)c1. The maximum atomic E-state index is 12.0. The summed E-state index contributed by atoms with van der Waals surface area (Å²) in [5.41, 5.74) is 3.43. The average Bonchev–Trinajstić information content (AvgIpc) is 2.98. The van der Waals surface area contributed by atoms with Crippen molar-refractivity contribution >= 4 is 22.9 Å². The average molecular weight is 339 g/mol. The molecule has 3 aromatic rings. The van der Waals surface area contributed by atoms with Crippen LogP contribution in [0, 0.1) is 6.92 Å². The van der Waals surface area contributed by atoms with Crippen molar-refractivity contribution in [1.82, 2.24) is 9.55 Å². The summed E-state index contributed by atoms with van der Waals surface area (Å²) in [5.74, 6) is -0.107. The van der Waals surface area contributed by atoms with Gasteiger partial charge in [-0.25, -0.2) is 4.98 Å². The monoisotopic (exact) mass is 339 g/mol. The van der Waals surface area contributed by atoms with Crippen molar-refractivity contribution in [1.29, 1.82) is 0 Å². The molecule has 0 aliphatic rings.